The molecule has 0 amide bonds. The molecule has 0 bridgehead atoms. The maximum absolute atomic E-state index is 13.8. The van der Waals surface area contributed by atoms with Crippen molar-refractivity contribution in [1.29, 1.82) is 0 Å². The Kier molecular flexibility index (Phi) is 6.29. The molecule has 4 aromatic rings. The standard InChI is InChI=1S/C34H35FN4O4S/c1-32-15-19-17-37-39(22-8-6-21(35)7-9-22)25(19)14-20(32)5-10-23-24-11-12-34(42,33(24,2)16-26(40)29(23)32)28(41)18-44-31-38-30-27(43-31)4-3-13-36-30/h3-4,6-9,13-14,17,23-24,26,29,40,42H,5,10-12,15-16,18H2,1-2H3/t23?,24?,26-,29?,32-,33-,34-/m0/s1. The Hall–Kier alpha value is -3.34. The van der Waals surface area contributed by atoms with Gasteiger partial charge in [-0.2, -0.15) is 10.1 Å². The van der Waals surface area contributed by atoms with E-state index in [1.165, 1.54) is 29.5 Å². The van der Waals surface area contributed by atoms with Crippen LogP contribution in [0.3, 0.4) is 0 Å². The number of aliphatic hydroxyl groups is 2. The van der Waals surface area contributed by atoms with Gasteiger partial charge in [0, 0.05) is 11.6 Å². The van der Waals surface area contributed by atoms with Gasteiger partial charge in [-0.15, -0.1) is 0 Å². The topological polar surface area (TPSA) is 114 Å². The van der Waals surface area contributed by atoms with E-state index >= 15 is 0 Å². The molecule has 4 aliphatic rings. The van der Waals surface area contributed by atoms with Crippen molar-refractivity contribution in [3.63, 3.8) is 0 Å². The Bertz CT molecular complexity index is 1790. The zero-order valence-corrected chi connectivity index (χ0v) is 25.6. The van der Waals surface area contributed by atoms with Crippen LogP contribution in [0.25, 0.3) is 23.0 Å². The molecule has 2 N–H and O–H groups in total. The molecule has 4 aliphatic carbocycles. The van der Waals surface area contributed by atoms with E-state index in [4.69, 9.17) is 4.42 Å². The molecule has 0 saturated heterocycles. The van der Waals surface area contributed by atoms with Gasteiger partial charge in [0.1, 0.15) is 11.4 Å². The molecule has 1 aromatic carbocycles. The fourth-order valence-electron chi connectivity index (χ4n) is 9.49. The summed E-state index contributed by atoms with van der Waals surface area (Å²) < 4.78 is 21.2. The van der Waals surface area contributed by atoms with E-state index in [1.54, 1.807) is 30.5 Å². The summed E-state index contributed by atoms with van der Waals surface area (Å²) >= 11 is 1.19. The van der Waals surface area contributed by atoms with Gasteiger partial charge in [-0.25, -0.2) is 14.1 Å². The number of hydrogen-bond acceptors (Lipinski definition) is 8. The van der Waals surface area contributed by atoms with Gasteiger partial charge in [0.05, 0.1) is 29.4 Å². The van der Waals surface area contributed by atoms with Gasteiger partial charge in [0.15, 0.2) is 17.0 Å². The summed E-state index contributed by atoms with van der Waals surface area (Å²) in [5.74, 6) is -0.130. The van der Waals surface area contributed by atoms with Gasteiger partial charge in [-0.3, -0.25) is 4.79 Å². The highest BCUT2D eigenvalue weighted by molar-refractivity contribution is 7.99. The number of halogens is 1. The Morgan fingerprint density at radius 2 is 2.02 bits per heavy atom. The third-order valence-electron chi connectivity index (χ3n) is 11.6. The van der Waals surface area contributed by atoms with E-state index in [1.807, 2.05) is 17.8 Å². The van der Waals surface area contributed by atoms with E-state index in [0.29, 0.717) is 29.3 Å². The van der Waals surface area contributed by atoms with Gasteiger partial charge in [-0.1, -0.05) is 31.2 Å². The van der Waals surface area contributed by atoms with Crippen LogP contribution in [-0.2, 0) is 11.2 Å². The first-order valence-corrected chi connectivity index (χ1v) is 16.4. The van der Waals surface area contributed by atoms with E-state index in [2.05, 4.69) is 28.1 Å². The van der Waals surface area contributed by atoms with Crippen molar-refractivity contribution < 1.29 is 23.8 Å². The van der Waals surface area contributed by atoms with E-state index in [-0.39, 0.29) is 40.5 Å². The number of hydrogen-bond donors (Lipinski definition) is 2. The average Bonchev–Trinajstić information content (AvgIpc) is 3.68. The van der Waals surface area contributed by atoms with Crippen molar-refractivity contribution in [2.24, 2.45) is 28.6 Å². The van der Waals surface area contributed by atoms with Crippen LogP contribution in [0.15, 0.2) is 64.0 Å². The lowest BCUT2D eigenvalue weighted by molar-refractivity contribution is -0.177. The predicted molar refractivity (Wildman–Crippen MR) is 163 cm³/mol. The summed E-state index contributed by atoms with van der Waals surface area (Å²) in [6.07, 6.45) is 9.20. The molecule has 3 unspecified atom stereocenters. The normalized spacial score (nSPS) is 34.2. The third-order valence-corrected chi connectivity index (χ3v) is 12.4. The second-order valence-corrected chi connectivity index (χ2v) is 14.6. The smallest absolute Gasteiger partial charge is 0.258 e. The summed E-state index contributed by atoms with van der Waals surface area (Å²) in [7, 11) is 0. The molecule has 3 saturated carbocycles. The number of aromatic nitrogens is 4. The maximum atomic E-state index is 13.8. The van der Waals surface area contributed by atoms with Gasteiger partial charge < -0.3 is 14.6 Å². The number of rotatable bonds is 5. The molecule has 44 heavy (non-hydrogen) atoms. The minimum atomic E-state index is -1.52. The van der Waals surface area contributed by atoms with Crippen molar-refractivity contribution in [2.45, 2.75) is 69.3 Å². The first-order chi connectivity index (χ1) is 21.1. The maximum Gasteiger partial charge on any atom is 0.258 e. The lowest BCUT2D eigenvalue weighted by atomic mass is 9.45. The number of carbonyl (C=O) groups is 1. The number of allylic oxidation sites excluding steroid dienone is 1. The molecule has 8 rings (SSSR count). The zero-order chi connectivity index (χ0) is 30.4. The Labute approximate surface area is 258 Å². The highest BCUT2D eigenvalue weighted by atomic mass is 32.2. The van der Waals surface area contributed by atoms with E-state index in [0.717, 1.165) is 42.6 Å². The number of benzene rings is 1. The second-order valence-electron chi connectivity index (χ2n) is 13.6. The third kappa shape index (κ3) is 3.96. The van der Waals surface area contributed by atoms with Crippen LogP contribution in [0, 0.1) is 34.4 Å². The molecule has 7 atom stereocenters. The molecular weight excluding hydrogens is 579 g/mol. The van der Waals surface area contributed by atoms with Crippen molar-refractivity contribution >= 4 is 34.9 Å². The number of fused-ring (bicyclic) bond motifs is 7. The molecule has 0 radical (unpaired) electrons. The number of carbonyl (C=O) groups excluding carboxylic acids is 1. The summed E-state index contributed by atoms with van der Waals surface area (Å²) in [5.41, 5.74) is 2.82. The number of pyridine rings is 1. The van der Waals surface area contributed by atoms with E-state index < -0.39 is 17.1 Å². The van der Waals surface area contributed by atoms with Crippen LogP contribution in [0.2, 0.25) is 0 Å². The van der Waals surface area contributed by atoms with Crippen LogP contribution in [-0.4, -0.2) is 53.2 Å². The number of thioether (sulfide) groups is 1. The molecule has 0 spiro atoms. The molecule has 8 nitrogen and oxygen atoms in total. The highest BCUT2D eigenvalue weighted by Gasteiger charge is 2.68. The summed E-state index contributed by atoms with van der Waals surface area (Å²) in [6, 6.07) is 9.93. The van der Waals surface area contributed by atoms with Crippen LogP contribution < -0.4 is 0 Å². The van der Waals surface area contributed by atoms with Crippen molar-refractivity contribution in [3.05, 3.63) is 71.4 Å². The highest BCUT2D eigenvalue weighted by Crippen LogP contribution is 2.67. The first kappa shape index (κ1) is 28.2. The molecule has 3 aromatic heterocycles. The minimum Gasteiger partial charge on any atom is -0.430 e. The molecule has 0 aliphatic heterocycles. The molecule has 3 fully saturated rings. The fraction of sp³-hybridized carbons (Fsp3) is 0.471. The van der Waals surface area contributed by atoms with Crippen LogP contribution in [0.5, 0.6) is 0 Å². The average molecular weight is 615 g/mol. The van der Waals surface area contributed by atoms with Gasteiger partial charge >= 0.3 is 0 Å². The second kappa shape index (κ2) is 9.83. The fourth-order valence-corrected chi connectivity index (χ4v) is 10.3. The number of ketones is 1. The summed E-state index contributed by atoms with van der Waals surface area (Å²) in [4.78, 5) is 22.3. The molecule has 228 valence electrons. The van der Waals surface area contributed by atoms with Crippen LogP contribution in [0.4, 0.5) is 4.39 Å². The van der Waals surface area contributed by atoms with E-state index in [9.17, 15) is 19.4 Å². The number of aliphatic hydroxyl groups excluding tert-OH is 1. The molecule has 3 heterocycles. The molecular formula is C34H35FN4O4S. The lowest BCUT2D eigenvalue weighted by Gasteiger charge is -2.60. The zero-order valence-electron chi connectivity index (χ0n) is 24.7. The van der Waals surface area contributed by atoms with Crippen molar-refractivity contribution in [2.75, 3.05) is 5.75 Å². The lowest BCUT2D eigenvalue weighted by Crippen LogP contribution is -2.62. The SMILES string of the molecule is C[C@]12Cc3cnn(-c4ccc(F)cc4)c3C=C1CCC1C2[C@@H](O)C[C@@]2(C)C1CC[C@]2(O)C(=O)CSc1nc2ncccc2o1. The minimum absolute atomic E-state index is 0.0157. The number of oxazole rings is 1. The largest absolute Gasteiger partial charge is 0.430 e. The van der Waals surface area contributed by atoms with Crippen molar-refractivity contribution in [3.8, 4) is 5.69 Å². The summed E-state index contributed by atoms with van der Waals surface area (Å²) in [5, 5.41) is 29.1. The van der Waals surface area contributed by atoms with Crippen LogP contribution >= 0.6 is 11.8 Å². The van der Waals surface area contributed by atoms with Gasteiger partial charge in [0.2, 0.25) is 0 Å². The number of nitrogens with zero attached hydrogens (tertiary/aromatic N) is 4. The predicted octanol–water partition coefficient (Wildman–Crippen LogP) is 5.79. The first-order valence-electron chi connectivity index (χ1n) is 15.4. The van der Waals surface area contributed by atoms with Gasteiger partial charge in [-0.05, 0) is 110 Å². The Morgan fingerprint density at radius 1 is 1.20 bits per heavy atom. The molecule has 10 heteroatoms. The van der Waals surface area contributed by atoms with Crippen molar-refractivity contribution in [1.82, 2.24) is 19.7 Å². The Morgan fingerprint density at radius 3 is 2.82 bits per heavy atom. The summed E-state index contributed by atoms with van der Waals surface area (Å²) in [6.45, 7) is 4.30. The Balaban J connectivity index is 1.05. The van der Waals surface area contributed by atoms with Crippen LogP contribution in [0.1, 0.15) is 57.2 Å². The van der Waals surface area contributed by atoms with Gasteiger partial charge in [0.25, 0.3) is 5.22 Å². The number of Topliss-reactive ketones (excluding diaryl/α,β-unsaturated/α-hetero) is 1. The monoisotopic (exact) mass is 614 g/mol. The quantitative estimate of drug-likeness (QED) is 0.272.